The first kappa shape index (κ1) is 12.6. The van der Waals surface area contributed by atoms with Crippen molar-refractivity contribution in [2.45, 2.75) is 30.4 Å². The van der Waals surface area contributed by atoms with Crippen molar-refractivity contribution in [3.63, 3.8) is 0 Å². The molecule has 1 saturated carbocycles. The molecule has 0 bridgehead atoms. The zero-order valence-electron chi connectivity index (χ0n) is 9.73. The highest BCUT2D eigenvalue weighted by Gasteiger charge is 2.33. The van der Waals surface area contributed by atoms with Gasteiger partial charge in [0, 0.05) is 11.3 Å². The Balaban J connectivity index is 1.91. The summed E-state index contributed by atoms with van der Waals surface area (Å²) in [5, 5.41) is 11.0. The third-order valence-corrected chi connectivity index (χ3v) is 5.32. The standard InChI is InChI=1S/C10H16N4OS2/c1-16-10(4-2-3-5-10)6-12-7(15)8-13-14-9(11)17-8/h2-6H2,1H3,(H2,11,14)(H,12,15). The zero-order valence-corrected chi connectivity index (χ0v) is 11.4. The minimum atomic E-state index is -0.167. The van der Waals surface area contributed by atoms with Crippen LogP contribution in [0.1, 0.15) is 35.5 Å². The van der Waals surface area contributed by atoms with E-state index in [1.165, 1.54) is 25.7 Å². The van der Waals surface area contributed by atoms with Crippen LogP contribution < -0.4 is 11.1 Å². The molecule has 1 amide bonds. The number of nitrogens with two attached hydrogens (primary N) is 1. The molecule has 3 N–H and O–H groups in total. The zero-order chi connectivity index (χ0) is 12.3. The lowest BCUT2D eigenvalue weighted by Crippen LogP contribution is -2.38. The van der Waals surface area contributed by atoms with Crippen LogP contribution in [-0.4, -0.2) is 33.7 Å². The minimum Gasteiger partial charge on any atom is -0.374 e. The van der Waals surface area contributed by atoms with E-state index in [0.717, 1.165) is 11.3 Å². The van der Waals surface area contributed by atoms with E-state index in [4.69, 9.17) is 5.73 Å². The van der Waals surface area contributed by atoms with Crippen molar-refractivity contribution in [2.24, 2.45) is 0 Å². The number of anilines is 1. The van der Waals surface area contributed by atoms with Crippen molar-refractivity contribution in [1.29, 1.82) is 0 Å². The molecule has 1 fully saturated rings. The maximum Gasteiger partial charge on any atom is 0.282 e. The van der Waals surface area contributed by atoms with Crippen LogP contribution in [0, 0.1) is 0 Å². The Morgan fingerprint density at radius 2 is 2.24 bits per heavy atom. The second-order valence-corrected chi connectivity index (χ2v) is 6.51. The van der Waals surface area contributed by atoms with Gasteiger partial charge in [-0.3, -0.25) is 4.79 Å². The fourth-order valence-corrected chi connectivity index (χ4v) is 3.56. The van der Waals surface area contributed by atoms with E-state index >= 15 is 0 Å². The van der Waals surface area contributed by atoms with Gasteiger partial charge >= 0.3 is 0 Å². The summed E-state index contributed by atoms with van der Waals surface area (Å²) in [6, 6.07) is 0. The molecular weight excluding hydrogens is 256 g/mol. The number of rotatable bonds is 4. The van der Waals surface area contributed by atoms with Gasteiger partial charge in [0.2, 0.25) is 10.1 Å². The monoisotopic (exact) mass is 272 g/mol. The van der Waals surface area contributed by atoms with Gasteiger partial charge in [-0.25, -0.2) is 0 Å². The first-order chi connectivity index (χ1) is 8.15. The number of amides is 1. The lowest BCUT2D eigenvalue weighted by atomic mass is 10.1. The van der Waals surface area contributed by atoms with Crippen LogP contribution in [0.25, 0.3) is 0 Å². The summed E-state index contributed by atoms with van der Waals surface area (Å²) < 4.78 is 0.214. The summed E-state index contributed by atoms with van der Waals surface area (Å²) in [5.41, 5.74) is 5.45. The van der Waals surface area contributed by atoms with Crippen LogP contribution in [0.5, 0.6) is 0 Å². The van der Waals surface area contributed by atoms with E-state index in [1.807, 2.05) is 11.8 Å². The molecule has 0 spiro atoms. The molecule has 1 aromatic heterocycles. The second kappa shape index (κ2) is 5.22. The maximum absolute atomic E-state index is 11.8. The molecule has 17 heavy (non-hydrogen) atoms. The van der Waals surface area contributed by atoms with Crippen molar-refractivity contribution in [1.82, 2.24) is 15.5 Å². The predicted octanol–water partition coefficient (Wildman–Crippen LogP) is 1.53. The quantitative estimate of drug-likeness (QED) is 0.868. The van der Waals surface area contributed by atoms with Gasteiger partial charge in [0.05, 0.1) is 0 Å². The van der Waals surface area contributed by atoms with Crippen LogP contribution in [0.2, 0.25) is 0 Å². The van der Waals surface area contributed by atoms with Crippen molar-refractivity contribution in [3.05, 3.63) is 5.01 Å². The average molecular weight is 272 g/mol. The molecule has 5 nitrogen and oxygen atoms in total. The molecule has 1 aromatic rings. The van der Waals surface area contributed by atoms with Crippen molar-refractivity contribution >= 4 is 34.1 Å². The fourth-order valence-electron chi connectivity index (χ4n) is 2.12. The van der Waals surface area contributed by atoms with E-state index in [9.17, 15) is 4.79 Å². The largest absolute Gasteiger partial charge is 0.374 e. The second-order valence-electron chi connectivity index (χ2n) is 4.22. The molecule has 7 heteroatoms. The SMILES string of the molecule is CSC1(CNC(=O)c2nnc(N)s2)CCCC1. The maximum atomic E-state index is 11.8. The number of hydrogen-bond acceptors (Lipinski definition) is 6. The predicted molar refractivity (Wildman–Crippen MR) is 71.4 cm³/mol. The highest BCUT2D eigenvalue weighted by molar-refractivity contribution is 8.00. The molecule has 1 aliphatic rings. The molecule has 94 valence electrons. The molecule has 0 aromatic carbocycles. The van der Waals surface area contributed by atoms with Crippen LogP contribution in [0.4, 0.5) is 5.13 Å². The van der Waals surface area contributed by atoms with Gasteiger partial charge < -0.3 is 11.1 Å². The summed E-state index contributed by atoms with van der Waals surface area (Å²) in [6.07, 6.45) is 6.96. The molecular formula is C10H16N4OS2. The summed E-state index contributed by atoms with van der Waals surface area (Å²) in [7, 11) is 0. The average Bonchev–Trinajstić information content (AvgIpc) is 2.95. The molecule has 0 radical (unpaired) electrons. The van der Waals surface area contributed by atoms with Gasteiger partial charge in [-0.05, 0) is 19.1 Å². The Bertz CT molecular complexity index is 401. The molecule has 0 atom stereocenters. The number of carbonyl (C=O) groups excluding carboxylic acids is 1. The van der Waals surface area contributed by atoms with E-state index in [0.29, 0.717) is 16.7 Å². The summed E-state index contributed by atoms with van der Waals surface area (Å²) >= 11 is 2.97. The Kier molecular flexibility index (Phi) is 3.88. The Hall–Kier alpha value is -0.820. The topological polar surface area (TPSA) is 80.9 Å². The number of thioether (sulfide) groups is 1. The fraction of sp³-hybridized carbons (Fsp3) is 0.700. The molecule has 1 heterocycles. The van der Waals surface area contributed by atoms with Crippen molar-refractivity contribution in [2.75, 3.05) is 18.5 Å². The van der Waals surface area contributed by atoms with Crippen LogP contribution in [-0.2, 0) is 0 Å². The smallest absolute Gasteiger partial charge is 0.282 e. The molecule has 0 aliphatic heterocycles. The minimum absolute atomic E-state index is 0.167. The Labute approximate surface area is 109 Å². The number of aromatic nitrogens is 2. The highest BCUT2D eigenvalue weighted by Crippen LogP contribution is 2.39. The molecule has 0 unspecified atom stereocenters. The van der Waals surface area contributed by atoms with Crippen LogP contribution in [0.15, 0.2) is 0 Å². The van der Waals surface area contributed by atoms with Gasteiger partial charge in [-0.1, -0.05) is 24.2 Å². The molecule has 2 rings (SSSR count). The summed E-state index contributed by atoms with van der Waals surface area (Å²) in [6.45, 7) is 0.701. The summed E-state index contributed by atoms with van der Waals surface area (Å²) in [4.78, 5) is 11.8. The van der Waals surface area contributed by atoms with Gasteiger partial charge in [-0.15, -0.1) is 10.2 Å². The first-order valence-electron chi connectivity index (χ1n) is 5.57. The van der Waals surface area contributed by atoms with Crippen molar-refractivity contribution < 1.29 is 4.79 Å². The van der Waals surface area contributed by atoms with Gasteiger partial charge in [0.25, 0.3) is 5.91 Å². The van der Waals surface area contributed by atoms with E-state index in [1.54, 1.807) is 0 Å². The van der Waals surface area contributed by atoms with E-state index in [2.05, 4.69) is 21.8 Å². The molecule has 0 saturated heterocycles. The van der Waals surface area contributed by atoms with Gasteiger partial charge in [-0.2, -0.15) is 11.8 Å². The lowest BCUT2D eigenvalue weighted by Gasteiger charge is -2.26. The molecule has 1 aliphatic carbocycles. The third kappa shape index (κ3) is 2.90. The van der Waals surface area contributed by atoms with E-state index in [-0.39, 0.29) is 10.7 Å². The van der Waals surface area contributed by atoms with Gasteiger partial charge in [0.15, 0.2) is 0 Å². The highest BCUT2D eigenvalue weighted by atomic mass is 32.2. The lowest BCUT2D eigenvalue weighted by molar-refractivity contribution is 0.0948. The van der Waals surface area contributed by atoms with Crippen molar-refractivity contribution in [3.8, 4) is 0 Å². The normalized spacial score (nSPS) is 18.2. The Morgan fingerprint density at radius 3 is 2.76 bits per heavy atom. The van der Waals surface area contributed by atoms with Crippen LogP contribution >= 0.6 is 23.1 Å². The Morgan fingerprint density at radius 1 is 1.53 bits per heavy atom. The number of carbonyl (C=O) groups is 1. The third-order valence-electron chi connectivity index (χ3n) is 3.15. The first-order valence-corrected chi connectivity index (χ1v) is 7.62. The number of nitrogen functional groups attached to an aromatic ring is 1. The van der Waals surface area contributed by atoms with Crippen LogP contribution in [0.3, 0.4) is 0 Å². The number of hydrogen-bond donors (Lipinski definition) is 2. The number of nitrogens with zero attached hydrogens (tertiary/aromatic N) is 2. The van der Waals surface area contributed by atoms with E-state index < -0.39 is 0 Å². The number of nitrogens with one attached hydrogen (secondary N) is 1. The summed E-state index contributed by atoms with van der Waals surface area (Å²) in [5.74, 6) is -0.167. The van der Waals surface area contributed by atoms with Gasteiger partial charge in [0.1, 0.15) is 0 Å².